The van der Waals surface area contributed by atoms with Crippen LogP contribution in [-0.4, -0.2) is 31.4 Å². The van der Waals surface area contributed by atoms with E-state index in [0.717, 1.165) is 0 Å². The molecule has 0 aliphatic carbocycles. The smallest absolute Gasteiger partial charge is 0.489 e. The summed E-state index contributed by atoms with van der Waals surface area (Å²) in [7, 11) is 0. The number of hydrogen-bond acceptors (Lipinski definition) is 7. The molecular formula is C9H7N3O5. The van der Waals surface area contributed by atoms with Crippen molar-refractivity contribution in [2.75, 3.05) is 5.73 Å². The minimum absolute atomic E-state index is 0.0271. The summed E-state index contributed by atoms with van der Waals surface area (Å²) in [6.45, 7) is 0. The van der Waals surface area contributed by atoms with Crippen molar-refractivity contribution in [2.45, 2.75) is 0 Å². The normalized spacial score (nSPS) is 10.4. The predicted octanol–water partition coefficient (Wildman–Crippen LogP) is 0.680. The number of benzene rings is 1. The number of aromatic hydroxyl groups is 2. The number of anilines is 1. The Balaban J connectivity index is 2.63. The molecular weight excluding hydrogens is 230 g/mol. The number of nitrogens with zero attached hydrogens (tertiary/aromatic N) is 2. The van der Waals surface area contributed by atoms with Gasteiger partial charge >= 0.3 is 6.16 Å². The number of nitrogens with two attached hydrogens (primary N) is 1. The molecule has 17 heavy (non-hydrogen) atoms. The molecule has 0 radical (unpaired) electrons. The maximum absolute atomic E-state index is 10.4. The Morgan fingerprint density at radius 2 is 1.71 bits per heavy atom. The number of fused-ring (bicyclic) bond motifs is 1. The van der Waals surface area contributed by atoms with Gasteiger partial charge in [0.15, 0.2) is 5.75 Å². The molecule has 8 nitrogen and oxygen atoms in total. The Bertz CT molecular complexity index is 613. The fourth-order valence-corrected chi connectivity index (χ4v) is 1.26. The van der Waals surface area contributed by atoms with E-state index in [9.17, 15) is 4.79 Å². The molecule has 0 saturated carbocycles. The SMILES string of the molecule is Nc1cc2nc(O)c(O)nc2cc1OC(=O)O. The third-order valence-electron chi connectivity index (χ3n) is 1.96. The second kappa shape index (κ2) is 3.67. The van der Waals surface area contributed by atoms with Crippen LogP contribution >= 0.6 is 0 Å². The third kappa shape index (κ3) is 1.95. The lowest BCUT2D eigenvalue weighted by atomic mass is 10.2. The molecule has 0 saturated heterocycles. The van der Waals surface area contributed by atoms with E-state index in [-0.39, 0.29) is 22.5 Å². The van der Waals surface area contributed by atoms with Crippen LogP contribution < -0.4 is 10.5 Å². The van der Waals surface area contributed by atoms with E-state index >= 15 is 0 Å². The molecule has 0 fully saturated rings. The summed E-state index contributed by atoms with van der Waals surface area (Å²) in [6.07, 6.45) is -1.52. The van der Waals surface area contributed by atoms with Crippen LogP contribution in [0.2, 0.25) is 0 Å². The molecule has 1 aromatic carbocycles. The summed E-state index contributed by atoms with van der Waals surface area (Å²) < 4.78 is 4.40. The highest BCUT2D eigenvalue weighted by molar-refractivity contribution is 5.84. The molecule has 0 aliphatic heterocycles. The summed E-state index contributed by atoms with van der Waals surface area (Å²) in [6, 6.07) is 2.48. The van der Waals surface area contributed by atoms with Crippen molar-refractivity contribution in [3.8, 4) is 17.5 Å². The number of ether oxygens (including phenoxy) is 1. The number of hydrogen-bond donors (Lipinski definition) is 4. The van der Waals surface area contributed by atoms with Crippen molar-refractivity contribution in [1.29, 1.82) is 0 Å². The van der Waals surface area contributed by atoms with Gasteiger partial charge in [0, 0.05) is 6.07 Å². The fourth-order valence-electron chi connectivity index (χ4n) is 1.26. The maximum Gasteiger partial charge on any atom is 0.511 e. The van der Waals surface area contributed by atoms with Gasteiger partial charge in [-0.05, 0) is 6.07 Å². The van der Waals surface area contributed by atoms with E-state index < -0.39 is 17.9 Å². The van der Waals surface area contributed by atoms with Crippen LogP contribution in [0.1, 0.15) is 0 Å². The molecule has 1 heterocycles. The van der Waals surface area contributed by atoms with Crippen LogP contribution in [-0.2, 0) is 0 Å². The number of carbonyl (C=O) groups is 1. The van der Waals surface area contributed by atoms with Crippen LogP contribution in [0.25, 0.3) is 11.0 Å². The van der Waals surface area contributed by atoms with E-state index in [0.29, 0.717) is 0 Å². The van der Waals surface area contributed by atoms with E-state index in [1.807, 2.05) is 0 Å². The number of rotatable bonds is 1. The van der Waals surface area contributed by atoms with Crippen molar-refractivity contribution >= 4 is 22.9 Å². The first-order chi connectivity index (χ1) is 7.97. The average Bonchev–Trinajstić information content (AvgIpc) is 2.22. The van der Waals surface area contributed by atoms with E-state index in [1.54, 1.807) is 0 Å². The van der Waals surface area contributed by atoms with Gasteiger partial charge in [-0.25, -0.2) is 14.8 Å². The van der Waals surface area contributed by atoms with Gasteiger partial charge in [-0.2, -0.15) is 0 Å². The largest absolute Gasteiger partial charge is 0.511 e. The summed E-state index contributed by atoms with van der Waals surface area (Å²) in [5, 5.41) is 26.7. The van der Waals surface area contributed by atoms with Crippen molar-refractivity contribution in [3.05, 3.63) is 12.1 Å². The first-order valence-corrected chi connectivity index (χ1v) is 4.37. The van der Waals surface area contributed by atoms with Crippen molar-refractivity contribution in [3.63, 3.8) is 0 Å². The zero-order valence-corrected chi connectivity index (χ0v) is 8.28. The first kappa shape index (κ1) is 10.7. The standard InChI is InChI=1S/C9H7N3O5/c10-3-1-4-5(2-6(3)17-9(15)16)12-8(14)7(13)11-4/h1-2H,10H2,(H,11,13)(H,12,14)(H,15,16). The molecule has 0 atom stereocenters. The van der Waals surface area contributed by atoms with Gasteiger partial charge in [0.2, 0.25) is 0 Å². The molecule has 8 heteroatoms. The monoisotopic (exact) mass is 237 g/mol. The Hall–Kier alpha value is -2.77. The Labute approximate surface area is 93.9 Å². The topological polar surface area (TPSA) is 139 Å². The van der Waals surface area contributed by atoms with Crippen molar-refractivity contribution in [2.24, 2.45) is 0 Å². The lowest BCUT2D eigenvalue weighted by molar-refractivity contribution is 0.145. The second-order valence-corrected chi connectivity index (χ2v) is 3.12. The Morgan fingerprint density at radius 1 is 1.18 bits per heavy atom. The lowest BCUT2D eigenvalue weighted by Gasteiger charge is -2.06. The van der Waals surface area contributed by atoms with Crippen LogP contribution in [0.15, 0.2) is 12.1 Å². The average molecular weight is 237 g/mol. The Kier molecular flexibility index (Phi) is 2.32. The van der Waals surface area contributed by atoms with Crippen molar-refractivity contribution < 1.29 is 24.9 Å². The van der Waals surface area contributed by atoms with Crippen LogP contribution in [0, 0.1) is 0 Å². The van der Waals surface area contributed by atoms with Gasteiger partial charge < -0.3 is 25.8 Å². The maximum atomic E-state index is 10.4. The summed E-state index contributed by atoms with van der Waals surface area (Å²) >= 11 is 0. The van der Waals surface area contributed by atoms with Gasteiger partial charge in [-0.1, -0.05) is 0 Å². The first-order valence-electron chi connectivity index (χ1n) is 4.37. The summed E-state index contributed by atoms with van der Waals surface area (Å²) in [4.78, 5) is 17.6. The molecule has 1 aromatic heterocycles. The highest BCUT2D eigenvalue weighted by Gasteiger charge is 2.12. The molecule has 88 valence electrons. The molecule has 0 bridgehead atoms. The van der Waals surface area contributed by atoms with Gasteiger partial charge in [-0.15, -0.1) is 0 Å². The molecule has 0 aliphatic rings. The van der Waals surface area contributed by atoms with Crippen LogP contribution in [0.5, 0.6) is 17.5 Å². The van der Waals surface area contributed by atoms with Crippen molar-refractivity contribution in [1.82, 2.24) is 9.97 Å². The second-order valence-electron chi connectivity index (χ2n) is 3.12. The van der Waals surface area contributed by atoms with Gasteiger partial charge in [0.25, 0.3) is 11.8 Å². The summed E-state index contributed by atoms with van der Waals surface area (Å²) in [5.41, 5.74) is 5.90. The number of aromatic nitrogens is 2. The quantitative estimate of drug-likeness (QED) is 0.322. The lowest BCUT2D eigenvalue weighted by Crippen LogP contribution is -2.05. The highest BCUT2D eigenvalue weighted by Crippen LogP contribution is 2.30. The predicted molar refractivity (Wildman–Crippen MR) is 55.9 cm³/mol. The Morgan fingerprint density at radius 3 is 2.24 bits per heavy atom. The minimum Gasteiger partial charge on any atom is -0.489 e. The highest BCUT2D eigenvalue weighted by atomic mass is 16.7. The molecule has 2 rings (SSSR count). The van der Waals surface area contributed by atoms with Crippen LogP contribution in [0.3, 0.4) is 0 Å². The molecule has 0 spiro atoms. The molecule has 0 amide bonds. The van der Waals surface area contributed by atoms with Gasteiger partial charge in [0.1, 0.15) is 0 Å². The third-order valence-corrected chi connectivity index (χ3v) is 1.96. The number of carboxylic acid groups (broad SMARTS) is 1. The van der Waals surface area contributed by atoms with Crippen LogP contribution in [0.4, 0.5) is 10.5 Å². The minimum atomic E-state index is -1.52. The van der Waals surface area contributed by atoms with Gasteiger partial charge in [-0.3, -0.25) is 0 Å². The molecule has 2 aromatic rings. The van der Waals surface area contributed by atoms with E-state index in [4.69, 9.17) is 21.1 Å². The zero-order chi connectivity index (χ0) is 12.6. The summed E-state index contributed by atoms with van der Waals surface area (Å²) in [5.74, 6) is -1.42. The molecule has 5 N–H and O–H groups in total. The zero-order valence-electron chi connectivity index (χ0n) is 8.28. The fraction of sp³-hybridized carbons (Fsp3) is 0. The number of nitrogen functional groups attached to an aromatic ring is 1. The van der Waals surface area contributed by atoms with E-state index in [1.165, 1.54) is 12.1 Å². The van der Waals surface area contributed by atoms with E-state index in [2.05, 4.69) is 14.7 Å². The molecule has 0 unspecified atom stereocenters. The van der Waals surface area contributed by atoms with Gasteiger partial charge in [0.05, 0.1) is 16.7 Å².